The molecule has 5 nitrogen and oxygen atoms in total. The SMILES string of the molecule is COCOC[C@]1(O)CCC2=CC(O)C(O)C[C@@]21C. The first-order valence-corrected chi connectivity index (χ1v) is 6.29. The molecule has 2 unspecified atom stereocenters. The lowest BCUT2D eigenvalue weighted by atomic mass is 9.67. The zero-order valence-corrected chi connectivity index (χ0v) is 10.9. The third kappa shape index (κ3) is 2.10. The molecular formula is C13H22O5. The Morgan fingerprint density at radius 2 is 2.17 bits per heavy atom. The zero-order chi connectivity index (χ0) is 13.4. The fourth-order valence-corrected chi connectivity index (χ4v) is 3.16. The highest BCUT2D eigenvalue weighted by atomic mass is 16.7. The van der Waals surface area contributed by atoms with Crippen LogP contribution in [0, 0.1) is 5.41 Å². The number of rotatable bonds is 4. The summed E-state index contributed by atoms with van der Waals surface area (Å²) in [6.07, 6.45) is 1.70. The van der Waals surface area contributed by atoms with Gasteiger partial charge in [-0.05, 0) is 19.3 Å². The Labute approximate surface area is 107 Å². The summed E-state index contributed by atoms with van der Waals surface area (Å²) in [4.78, 5) is 0. The summed E-state index contributed by atoms with van der Waals surface area (Å²) in [5, 5.41) is 30.2. The van der Waals surface area contributed by atoms with Crippen LogP contribution < -0.4 is 0 Å². The Kier molecular flexibility index (Phi) is 3.80. The van der Waals surface area contributed by atoms with Gasteiger partial charge in [0.15, 0.2) is 0 Å². The van der Waals surface area contributed by atoms with E-state index in [1.165, 1.54) is 7.11 Å². The van der Waals surface area contributed by atoms with E-state index in [0.717, 1.165) is 12.0 Å². The second kappa shape index (κ2) is 4.90. The molecule has 104 valence electrons. The highest BCUT2D eigenvalue weighted by Gasteiger charge is 2.56. The number of methoxy groups -OCH3 is 1. The fraction of sp³-hybridized carbons (Fsp3) is 0.846. The molecule has 0 bridgehead atoms. The molecule has 2 aliphatic carbocycles. The topological polar surface area (TPSA) is 79.2 Å². The molecule has 3 N–H and O–H groups in total. The van der Waals surface area contributed by atoms with Crippen LogP contribution in [0.25, 0.3) is 0 Å². The quantitative estimate of drug-likeness (QED) is 0.381. The maximum absolute atomic E-state index is 10.8. The molecule has 0 aromatic heterocycles. The van der Waals surface area contributed by atoms with E-state index in [1.54, 1.807) is 6.08 Å². The number of aliphatic hydroxyl groups is 3. The summed E-state index contributed by atoms with van der Waals surface area (Å²) in [6, 6.07) is 0. The van der Waals surface area contributed by atoms with Crippen molar-refractivity contribution in [2.75, 3.05) is 20.5 Å². The van der Waals surface area contributed by atoms with Crippen LogP contribution in [0.2, 0.25) is 0 Å². The molecule has 0 amide bonds. The van der Waals surface area contributed by atoms with Crippen LogP contribution >= 0.6 is 0 Å². The molecule has 1 fully saturated rings. The van der Waals surface area contributed by atoms with E-state index in [-0.39, 0.29) is 13.4 Å². The molecule has 0 aromatic rings. The molecule has 0 aromatic carbocycles. The highest BCUT2D eigenvalue weighted by molar-refractivity contribution is 5.31. The van der Waals surface area contributed by atoms with Crippen molar-refractivity contribution in [3.63, 3.8) is 0 Å². The Bertz CT molecular complexity index is 342. The lowest BCUT2D eigenvalue weighted by molar-refractivity contribution is -0.147. The van der Waals surface area contributed by atoms with Gasteiger partial charge in [0.25, 0.3) is 0 Å². The molecule has 0 radical (unpaired) electrons. The average Bonchev–Trinajstić information content (AvgIpc) is 2.55. The van der Waals surface area contributed by atoms with E-state index in [0.29, 0.717) is 12.8 Å². The van der Waals surface area contributed by atoms with Crippen LogP contribution in [0.1, 0.15) is 26.2 Å². The normalized spacial score (nSPS) is 43.7. The summed E-state index contributed by atoms with van der Waals surface area (Å²) < 4.78 is 10.1. The maximum atomic E-state index is 10.8. The summed E-state index contributed by atoms with van der Waals surface area (Å²) in [6.45, 7) is 2.25. The van der Waals surface area contributed by atoms with Gasteiger partial charge in [0.05, 0.1) is 24.4 Å². The van der Waals surface area contributed by atoms with Crippen LogP contribution in [0.4, 0.5) is 0 Å². The lowest BCUT2D eigenvalue weighted by Gasteiger charge is -2.44. The average molecular weight is 258 g/mol. The van der Waals surface area contributed by atoms with E-state index in [1.807, 2.05) is 6.92 Å². The summed E-state index contributed by atoms with van der Waals surface area (Å²) in [5.41, 5.74) is -0.512. The molecule has 2 aliphatic rings. The van der Waals surface area contributed by atoms with E-state index in [2.05, 4.69) is 0 Å². The van der Waals surface area contributed by atoms with Gasteiger partial charge in [0, 0.05) is 12.5 Å². The first-order valence-electron chi connectivity index (χ1n) is 6.29. The monoisotopic (exact) mass is 258 g/mol. The minimum Gasteiger partial charge on any atom is -0.390 e. The standard InChI is InChI=1S/C13H22O5/c1-12-6-11(15)10(14)5-9(12)3-4-13(12,16)7-18-8-17-2/h5,10-11,14-16H,3-4,6-8H2,1-2H3/t10?,11?,12-,13+/m0/s1. The van der Waals surface area contributed by atoms with Crippen LogP contribution in [-0.4, -0.2) is 53.6 Å². The number of hydrogen-bond acceptors (Lipinski definition) is 5. The third-order valence-electron chi connectivity index (χ3n) is 4.47. The minimum atomic E-state index is -1.00. The molecule has 2 rings (SSSR count). The summed E-state index contributed by atoms with van der Waals surface area (Å²) in [7, 11) is 1.53. The molecular weight excluding hydrogens is 236 g/mol. The van der Waals surface area contributed by atoms with E-state index in [9.17, 15) is 15.3 Å². The first kappa shape index (κ1) is 14.0. The van der Waals surface area contributed by atoms with Crippen molar-refractivity contribution in [3.05, 3.63) is 11.6 Å². The molecule has 4 atom stereocenters. The van der Waals surface area contributed by atoms with Crippen LogP contribution in [-0.2, 0) is 9.47 Å². The second-order valence-corrected chi connectivity index (χ2v) is 5.57. The van der Waals surface area contributed by atoms with Gasteiger partial charge in [0.1, 0.15) is 6.79 Å². The highest BCUT2D eigenvalue weighted by Crippen LogP contribution is 2.55. The summed E-state index contributed by atoms with van der Waals surface area (Å²) >= 11 is 0. The fourth-order valence-electron chi connectivity index (χ4n) is 3.16. The van der Waals surface area contributed by atoms with Gasteiger partial charge in [0.2, 0.25) is 0 Å². The maximum Gasteiger partial charge on any atom is 0.146 e. The van der Waals surface area contributed by atoms with Gasteiger partial charge in [-0.25, -0.2) is 0 Å². The van der Waals surface area contributed by atoms with Crippen molar-refractivity contribution >= 4 is 0 Å². The van der Waals surface area contributed by atoms with E-state index >= 15 is 0 Å². The molecule has 0 spiro atoms. The van der Waals surface area contributed by atoms with Crippen LogP contribution in [0.3, 0.4) is 0 Å². The van der Waals surface area contributed by atoms with Crippen molar-refractivity contribution in [1.29, 1.82) is 0 Å². The molecule has 0 heterocycles. The lowest BCUT2D eigenvalue weighted by Crippen LogP contribution is -2.51. The van der Waals surface area contributed by atoms with Crippen molar-refractivity contribution < 1.29 is 24.8 Å². The van der Waals surface area contributed by atoms with Crippen molar-refractivity contribution in [2.24, 2.45) is 5.41 Å². The predicted molar refractivity (Wildman–Crippen MR) is 64.8 cm³/mol. The number of ether oxygens (including phenoxy) is 2. The summed E-state index contributed by atoms with van der Waals surface area (Å²) in [5.74, 6) is 0. The smallest absolute Gasteiger partial charge is 0.146 e. The molecule has 1 saturated carbocycles. The number of aliphatic hydroxyl groups excluding tert-OH is 2. The van der Waals surface area contributed by atoms with E-state index in [4.69, 9.17) is 9.47 Å². The largest absolute Gasteiger partial charge is 0.390 e. The van der Waals surface area contributed by atoms with Crippen molar-refractivity contribution in [3.8, 4) is 0 Å². The number of hydrogen-bond donors (Lipinski definition) is 3. The van der Waals surface area contributed by atoms with Gasteiger partial charge in [-0.15, -0.1) is 0 Å². The molecule has 0 aliphatic heterocycles. The van der Waals surface area contributed by atoms with Crippen molar-refractivity contribution in [2.45, 2.75) is 44.0 Å². The number of fused-ring (bicyclic) bond motifs is 1. The Balaban J connectivity index is 2.17. The minimum absolute atomic E-state index is 0.141. The molecule has 18 heavy (non-hydrogen) atoms. The van der Waals surface area contributed by atoms with Gasteiger partial charge >= 0.3 is 0 Å². The molecule has 5 heteroatoms. The van der Waals surface area contributed by atoms with Gasteiger partial charge in [-0.3, -0.25) is 0 Å². The second-order valence-electron chi connectivity index (χ2n) is 5.57. The first-order chi connectivity index (χ1) is 8.43. The Hall–Kier alpha value is -0.460. The van der Waals surface area contributed by atoms with Crippen LogP contribution in [0.15, 0.2) is 11.6 Å². The predicted octanol–water partition coefficient (Wildman–Crippen LogP) is 0.190. The zero-order valence-electron chi connectivity index (χ0n) is 10.9. The molecule has 0 saturated heterocycles. The third-order valence-corrected chi connectivity index (χ3v) is 4.47. The van der Waals surface area contributed by atoms with E-state index < -0.39 is 23.2 Å². The van der Waals surface area contributed by atoms with Crippen molar-refractivity contribution in [1.82, 2.24) is 0 Å². The Morgan fingerprint density at radius 1 is 1.44 bits per heavy atom. The van der Waals surface area contributed by atoms with Gasteiger partial charge in [-0.1, -0.05) is 18.6 Å². The Morgan fingerprint density at radius 3 is 2.83 bits per heavy atom. The van der Waals surface area contributed by atoms with Crippen LogP contribution in [0.5, 0.6) is 0 Å². The van der Waals surface area contributed by atoms with Gasteiger partial charge < -0.3 is 24.8 Å². The van der Waals surface area contributed by atoms with Gasteiger partial charge in [-0.2, -0.15) is 0 Å².